The Labute approximate surface area is 137 Å². The third-order valence-corrected chi connectivity index (χ3v) is 3.60. The van der Waals surface area contributed by atoms with E-state index in [0.29, 0.717) is 6.54 Å². The first-order valence-electron chi connectivity index (χ1n) is 7.84. The summed E-state index contributed by atoms with van der Waals surface area (Å²) < 4.78 is 7.32. The van der Waals surface area contributed by atoms with Crippen LogP contribution in [-0.4, -0.2) is 45.6 Å². The molecule has 0 radical (unpaired) electrons. The minimum atomic E-state index is -0.476. The lowest BCUT2D eigenvalue weighted by atomic mass is 10.2. The number of fused-ring (bicyclic) bond motifs is 1. The van der Waals surface area contributed by atoms with Gasteiger partial charge in [-0.05, 0) is 46.9 Å². The number of imidazole rings is 1. The normalized spacial score (nSPS) is 13.3. The molecule has 6 heteroatoms. The molecular formula is C17H26N4O2. The number of nitrogens with zero attached hydrogens (tertiary/aromatic N) is 3. The molecule has 126 valence electrons. The third kappa shape index (κ3) is 4.96. The van der Waals surface area contributed by atoms with Crippen LogP contribution in [0.4, 0.5) is 4.79 Å². The van der Waals surface area contributed by atoms with Crippen LogP contribution < -0.4 is 5.32 Å². The Balaban J connectivity index is 1.88. The summed E-state index contributed by atoms with van der Waals surface area (Å²) in [5.74, 6) is 0. The van der Waals surface area contributed by atoms with Gasteiger partial charge in [-0.25, -0.2) is 9.78 Å². The predicted molar refractivity (Wildman–Crippen MR) is 90.4 cm³/mol. The number of hydrogen-bond acceptors (Lipinski definition) is 4. The monoisotopic (exact) mass is 318 g/mol. The van der Waals surface area contributed by atoms with E-state index in [2.05, 4.69) is 26.5 Å². The van der Waals surface area contributed by atoms with Crippen molar-refractivity contribution in [3.63, 3.8) is 0 Å². The fraction of sp³-hybridized carbons (Fsp3) is 0.529. The molecule has 0 spiro atoms. The van der Waals surface area contributed by atoms with E-state index < -0.39 is 5.60 Å². The first-order chi connectivity index (χ1) is 10.8. The molecule has 1 amide bonds. The Morgan fingerprint density at radius 3 is 2.87 bits per heavy atom. The van der Waals surface area contributed by atoms with Crippen LogP contribution in [0.25, 0.3) is 5.65 Å². The molecule has 0 saturated heterocycles. The van der Waals surface area contributed by atoms with E-state index in [0.717, 1.165) is 17.9 Å². The van der Waals surface area contributed by atoms with Crippen LogP contribution in [0.1, 0.15) is 33.4 Å². The molecule has 23 heavy (non-hydrogen) atoms. The van der Waals surface area contributed by atoms with Crippen molar-refractivity contribution in [3.05, 3.63) is 36.3 Å². The van der Waals surface area contributed by atoms with Crippen molar-refractivity contribution >= 4 is 11.7 Å². The van der Waals surface area contributed by atoms with Gasteiger partial charge in [-0.1, -0.05) is 6.07 Å². The summed E-state index contributed by atoms with van der Waals surface area (Å²) in [6.45, 7) is 8.91. The standard InChI is InChI=1S/C17H26N4O2/c1-13(10-19-16(22)23-17(2,3)4)20(5)12-14-11-18-15-8-6-7-9-21(14)15/h6-9,11,13H,10,12H2,1-5H3,(H,19,22). The molecule has 0 bridgehead atoms. The molecule has 0 fully saturated rings. The summed E-state index contributed by atoms with van der Waals surface area (Å²) >= 11 is 0. The van der Waals surface area contributed by atoms with Gasteiger partial charge in [-0.3, -0.25) is 4.90 Å². The van der Waals surface area contributed by atoms with E-state index in [-0.39, 0.29) is 12.1 Å². The maximum Gasteiger partial charge on any atom is 0.407 e. The van der Waals surface area contributed by atoms with Gasteiger partial charge in [-0.2, -0.15) is 0 Å². The third-order valence-electron chi connectivity index (χ3n) is 3.60. The molecule has 0 aliphatic rings. The highest BCUT2D eigenvalue weighted by Crippen LogP contribution is 2.10. The summed E-state index contributed by atoms with van der Waals surface area (Å²) in [4.78, 5) is 18.3. The van der Waals surface area contributed by atoms with E-state index in [1.54, 1.807) is 0 Å². The molecule has 0 saturated carbocycles. The molecular weight excluding hydrogens is 292 g/mol. The molecule has 2 rings (SSSR count). The second-order valence-electron chi connectivity index (χ2n) is 6.83. The van der Waals surface area contributed by atoms with E-state index in [4.69, 9.17) is 4.74 Å². The lowest BCUT2D eigenvalue weighted by molar-refractivity contribution is 0.0512. The Hall–Kier alpha value is -2.08. The van der Waals surface area contributed by atoms with Gasteiger partial charge in [0.2, 0.25) is 0 Å². The van der Waals surface area contributed by atoms with Gasteiger partial charge in [0.1, 0.15) is 11.2 Å². The predicted octanol–water partition coefficient (Wildman–Crippen LogP) is 2.68. The number of alkyl carbamates (subject to hydrolysis) is 1. The molecule has 1 N–H and O–H groups in total. The number of likely N-dealkylation sites (N-methyl/N-ethyl adjacent to an activating group) is 1. The van der Waals surface area contributed by atoms with Crippen molar-refractivity contribution in [2.75, 3.05) is 13.6 Å². The topological polar surface area (TPSA) is 58.9 Å². The van der Waals surface area contributed by atoms with Crippen LogP contribution in [-0.2, 0) is 11.3 Å². The van der Waals surface area contributed by atoms with Gasteiger partial charge >= 0.3 is 6.09 Å². The van der Waals surface area contributed by atoms with Gasteiger partial charge < -0.3 is 14.5 Å². The summed E-state index contributed by atoms with van der Waals surface area (Å²) in [5.41, 5.74) is 1.58. The lowest BCUT2D eigenvalue weighted by Gasteiger charge is -2.26. The summed E-state index contributed by atoms with van der Waals surface area (Å²) in [6.07, 6.45) is 3.52. The summed E-state index contributed by atoms with van der Waals surface area (Å²) in [6, 6.07) is 6.13. The van der Waals surface area contributed by atoms with Crippen LogP contribution in [0.2, 0.25) is 0 Å². The fourth-order valence-corrected chi connectivity index (χ4v) is 2.21. The number of carbonyl (C=O) groups excluding carboxylic acids is 1. The highest BCUT2D eigenvalue weighted by molar-refractivity contribution is 5.67. The minimum Gasteiger partial charge on any atom is -0.444 e. The highest BCUT2D eigenvalue weighted by atomic mass is 16.6. The van der Waals surface area contributed by atoms with Crippen molar-refractivity contribution in [1.29, 1.82) is 0 Å². The second-order valence-corrected chi connectivity index (χ2v) is 6.83. The number of hydrogen-bond donors (Lipinski definition) is 1. The molecule has 2 aromatic heterocycles. The Morgan fingerprint density at radius 1 is 1.43 bits per heavy atom. The molecule has 1 atom stereocenters. The average Bonchev–Trinajstić information content (AvgIpc) is 2.86. The minimum absolute atomic E-state index is 0.178. The van der Waals surface area contributed by atoms with Crippen molar-refractivity contribution in [3.8, 4) is 0 Å². The van der Waals surface area contributed by atoms with Gasteiger partial charge in [0.25, 0.3) is 0 Å². The zero-order valence-corrected chi connectivity index (χ0v) is 14.5. The van der Waals surface area contributed by atoms with Crippen LogP contribution in [0.15, 0.2) is 30.6 Å². The number of aromatic nitrogens is 2. The van der Waals surface area contributed by atoms with E-state index >= 15 is 0 Å². The Bertz CT molecular complexity index is 660. The fourth-order valence-electron chi connectivity index (χ4n) is 2.21. The van der Waals surface area contributed by atoms with Crippen molar-refractivity contribution < 1.29 is 9.53 Å². The van der Waals surface area contributed by atoms with Crippen LogP contribution in [0.3, 0.4) is 0 Å². The number of amides is 1. The summed E-state index contributed by atoms with van der Waals surface area (Å²) in [7, 11) is 2.03. The smallest absolute Gasteiger partial charge is 0.407 e. The number of pyridine rings is 1. The largest absolute Gasteiger partial charge is 0.444 e. The Kier molecular flexibility index (Phi) is 5.26. The lowest BCUT2D eigenvalue weighted by Crippen LogP contribution is -2.41. The van der Waals surface area contributed by atoms with E-state index in [1.807, 2.05) is 58.4 Å². The second kappa shape index (κ2) is 7.00. The number of nitrogens with one attached hydrogen (secondary N) is 1. The van der Waals surface area contributed by atoms with E-state index in [9.17, 15) is 4.79 Å². The molecule has 2 heterocycles. The number of rotatable bonds is 5. The zero-order chi connectivity index (χ0) is 17.0. The molecule has 0 aliphatic carbocycles. The van der Waals surface area contributed by atoms with Gasteiger partial charge in [-0.15, -0.1) is 0 Å². The maximum atomic E-state index is 11.7. The van der Waals surface area contributed by atoms with Crippen molar-refractivity contribution in [2.24, 2.45) is 0 Å². The van der Waals surface area contributed by atoms with Crippen LogP contribution in [0.5, 0.6) is 0 Å². The van der Waals surface area contributed by atoms with Crippen molar-refractivity contribution in [1.82, 2.24) is 19.6 Å². The van der Waals surface area contributed by atoms with Gasteiger partial charge in [0, 0.05) is 25.3 Å². The first-order valence-corrected chi connectivity index (χ1v) is 7.84. The zero-order valence-electron chi connectivity index (χ0n) is 14.5. The molecule has 1 unspecified atom stereocenters. The average molecular weight is 318 g/mol. The maximum absolute atomic E-state index is 11.7. The van der Waals surface area contributed by atoms with Crippen LogP contribution >= 0.6 is 0 Å². The summed E-state index contributed by atoms with van der Waals surface area (Å²) in [5, 5.41) is 2.81. The first kappa shape index (κ1) is 17.3. The van der Waals surface area contributed by atoms with E-state index in [1.165, 1.54) is 0 Å². The molecule has 2 aromatic rings. The van der Waals surface area contributed by atoms with Crippen LogP contribution in [0, 0.1) is 0 Å². The molecule has 0 aromatic carbocycles. The van der Waals surface area contributed by atoms with Gasteiger partial charge in [0.05, 0.1) is 11.9 Å². The molecule has 6 nitrogen and oxygen atoms in total. The number of carbonyl (C=O) groups is 1. The highest BCUT2D eigenvalue weighted by Gasteiger charge is 2.18. The quantitative estimate of drug-likeness (QED) is 0.921. The molecule has 0 aliphatic heterocycles. The Morgan fingerprint density at radius 2 is 2.17 bits per heavy atom. The van der Waals surface area contributed by atoms with Crippen molar-refractivity contribution in [2.45, 2.75) is 45.9 Å². The SMILES string of the molecule is CC(CNC(=O)OC(C)(C)C)N(C)Cc1cnc2ccccn12. The van der Waals surface area contributed by atoms with Gasteiger partial charge in [0.15, 0.2) is 0 Å². The number of ether oxygens (including phenoxy) is 1.